The molecule has 0 amide bonds. The Balaban J connectivity index is 1.52. The van der Waals surface area contributed by atoms with E-state index in [0.717, 1.165) is 0 Å². The maximum atomic E-state index is 3.73. The number of aromatic nitrogens is 2. The van der Waals surface area contributed by atoms with Crippen LogP contribution in [0.2, 0.25) is 0 Å². The molecule has 35 heavy (non-hydrogen) atoms. The van der Waals surface area contributed by atoms with Crippen molar-refractivity contribution >= 4 is 65.0 Å². The first-order valence-electron chi connectivity index (χ1n) is 11.9. The number of hydrogen-bond donors (Lipinski definition) is 2. The van der Waals surface area contributed by atoms with E-state index >= 15 is 0 Å². The predicted octanol–water partition coefficient (Wildman–Crippen LogP) is 9.50. The molecule has 164 valence electrons. The normalized spacial score (nSPS) is 12.0. The van der Waals surface area contributed by atoms with Gasteiger partial charge in [0.25, 0.3) is 0 Å². The molecule has 2 nitrogen and oxygen atoms in total. The highest BCUT2D eigenvalue weighted by molar-refractivity contribution is 7.23. The number of fused-ring (bicyclic) bond motifs is 7. The maximum Gasteiger partial charge on any atom is 0.0553 e. The van der Waals surface area contributed by atoms with Crippen molar-refractivity contribution in [2.75, 3.05) is 0 Å². The lowest BCUT2D eigenvalue weighted by Crippen LogP contribution is -1.84. The highest BCUT2D eigenvalue weighted by Crippen LogP contribution is 2.48. The summed E-state index contributed by atoms with van der Waals surface area (Å²) >= 11 is 1.88. The summed E-state index contributed by atoms with van der Waals surface area (Å²) in [4.78, 5) is 8.76. The maximum absolute atomic E-state index is 3.73. The van der Waals surface area contributed by atoms with Crippen molar-refractivity contribution in [1.82, 2.24) is 9.97 Å². The Kier molecular flexibility index (Phi) is 3.85. The zero-order chi connectivity index (χ0) is 22.9. The van der Waals surface area contributed by atoms with E-state index in [4.69, 9.17) is 0 Å². The van der Waals surface area contributed by atoms with E-state index < -0.39 is 0 Å². The summed E-state index contributed by atoms with van der Waals surface area (Å²) in [6.07, 6.45) is 0. The van der Waals surface area contributed by atoms with Crippen LogP contribution in [0.3, 0.4) is 0 Å². The molecule has 0 radical (unpaired) electrons. The monoisotopic (exact) mass is 464 g/mol. The lowest BCUT2D eigenvalue weighted by atomic mass is 9.96. The zero-order valence-corrected chi connectivity index (χ0v) is 19.6. The minimum absolute atomic E-state index is 1.17. The molecular formula is C32H20N2S. The quantitative estimate of drug-likeness (QED) is 0.255. The molecular weight excluding hydrogens is 444 g/mol. The Labute approximate surface area is 205 Å². The van der Waals surface area contributed by atoms with Crippen LogP contribution in [-0.2, 0) is 0 Å². The van der Waals surface area contributed by atoms with Gasteiger partial charge in [-0.3, -0.25) is 0 Å². The van der Waals surface area contributed by atoms with Crippen LogP contribution < -0.4 is 0 Å². The number of H-pyrrole nitrogens is 2. The van der Waals surface area contributed by atoms with Crippen molar-refractivity contribution in [1.29, 1.82) is 0 Å². The summed E-state index contributed by atoms with van der Waals surface area (Å²) in [5.41, 5.74) is 8.55. The summed E-state index contributed by atoms with van der Waals surface area (Å²) in [5, 5.41) is 6.37. The average Bonchev–Trinajstić information content (AvgIpc) is 3.59. The molecule has 0 bridgehead atoms. The minimum Gasteiger partial charge on any atom is -0.354 e. The topological polar surface area (TPSA) is 31.6 Å². The highest BCUT2D eigenvalue weighted by atomic mass is 32.1. The molecule has 8 rings (SSSR count). The van der Waals surface area contributed by atoms with Gasteiger partial charge in [0.2, 0.25) is 0 Å². The van der Waals surface area contributed by atoms with Crippen molar-refractivity contribution in [3.63, 3.8) is 0 Å². The smallest absolute Gasteiger partial charge is 0.0553 e. The zero-order valence-electron chi connectivity index (χ0n) is 18.8. The summed E-state index contributed by atoms with van der Waals surface area (Å²) in [7, 11) is 0. The second kappa shape index (κ2) is 7.08. The minimum atomic E-state index is 1.17. The van der Waals surface area contributed by atoms with Gasteiger partial charge in [-0.2, -0.15) is 0 Å². The van der Waals surface area contributed by atoms with Crippen molar-refractivity contribution in [3.8, 4) is 21.6 Å². The molecule has 0 aliphatic carbocycles. The van der Waals surface area contributed by atoms with Crippen LogP contribution in [0.1, 0.15) is 0 Å². The first kappa shape index (κ1) is 19.0. The van der Waals surface area contributed by atoms with Crippen LogP contribution in [-0.4, -0.2) is 9.97 Å². The molecule has 2 N–H and O–H groups in total. The third-order valence-corrected chi connectivity index (χ3v) is 8.40. The third-order valence-electron chi connectivity index (χ3n) is 7.19. The molecule has 0 saturated carbocycles. The molecule has 5 aromatic carbocycles. The fourth-order valence-corrected chi connectivity index (χ4v) is 6.89. The second-order valence-corrected chi connectivity index (χ2v) is 10.2. The van der Waals surface area contributed by atoms with Gasteiger partial charge >= 0.3 is 0 Å². The van der Waals surface area contributed by atoms with Crippen molar-refractivity contribution in [2.24, 2.45) is 0 Å². The number of rotatable bonds is 2. The van der Waals surface area contributed by atoms with E-state index in [1.165, 1.54) is 75.3 Å². The predicted molar refractivity (Wildman–Crippen MR) is 151 cm³/mol. The SMILES string of the molecule is c1ccc2c(c1)[nH]c1c(-c3sc4ccccc4c3-c3cccc4c3[nH]c3ccccc34)cccc12. The lowest BCUT2D eigenvalue weighted by molar-refractivity contribution is 1.54. The van der Waals surface area contributed by atoms with E-state index in [1.807, 2.05) is 11.3 Å². The van der Waals surface area contributed by atoms with Gasteiger partial charge in [0, 0.05) is 64.2 Å². The summed E-state index contributed by atoms with van der Waals surface area (Å²) in [6.45, 7) is 0. The van der Waals surface area contributed by atoms with Gasteiger partial charge in [-0.1, -0.05) is 91.0 Å². The fraction of sp³-hybridized carbons (Fsp3) is 0. The van der Waals surface area contributed by atoms with Gasteiger partial charge in [-0.05, 0) is 18.2 Å². The number of hydrogen-bond acceptors (Lipinski definition) is 1. The van der Waals surface area contributed by atoms with Crippen molar-refractivity contribution in [2.45, 2.75) is 0 Å². The molecule has 8 aromatic rings. The second-order valence-electron chi connectivity index (χ2n) is 9.10. The standard InChI is InChI=1S/C32H20N2S/c1-4-16-26-19(9-1)21-12-7-14-24(30(21)33-26)29-23-11-3-6-18-28(23)35-32(29)25-15-8-13-22-20-10-2-5-17-27(20)34-31(22)25/h1-18,33-34H. The fourth-order valence-electron chi connectivity index (χ4n) is 5.65. The van der Waals surface area contributed by atoms with Crippen LogP contribution in [0.15, 0.2) is 109 Å². The van der Waals surface area contributed by atoms with Crippen LogP contribution >= 0.6 is 11.3 Å². The largest absolute Gasteiger partial charge is 0.354 e. The molecule has 0 saturated heterocycles. The molecule has 3 heterocycles. The molecule has 0 aliphatic rings. The van der Waals surface area contributed by atoms with E-state index in [9.17, 15) is 0 Å². The van der Waals surface area contributed by atoms with E-state index in [2.05, 4.69) is 119 Å². The molecule has 0 spiro atoms. The summed E-state index contributed by atoms with van der Waals surface area (Å²) < 4.78 is 1.30. The number of benzene rings is 5. The Morgan fingerprint density at radius 3 is 1.63 bits per heavy atom. The molecule has 0 unspecified atom stereocenters. The number of para-hydroxylation sites is 4. The molecule has 0 atom stereocenters. The molecule has 3 heteroatoms. The van der Waals surface area contributed by atoms with Crippen LogP contribution in [0.5, 0.6) is 0 Å². The Morgan fingerprint density at radius 2 is 0.943 bits per heavy atom. The Hall–Kier alpha value is -4.34. The van der Waals surface area contributed by atoms with Gasteiger partial charge in [0.1, 0.15) is 0 Å². The van der Waals surface area contributed by atoms with E-state index in [1.54, 1.807) is 0 Å². The average molecular weight is 465 g/mol. The number of aromatic amines is 2. The lowest BCUT2D eigenvalue weighted by Gasteiger charge is -2.09. The highest BCUT2D eigenvalue weighted by Gasteiger charge is 2.21. The van der Waals surface area contributed by atoms with Crippen molar-refractivity contribution in [3.05, 3.63) is 109 Å². The summed E-state index contributed by atoms with van der Waals surface area (Å²) in [5.74, 6) is 0. The van der Waals surface area contributed by atoms with Crippen LogP contribution in [0.25, 0.3) is 75.3 Å². The Morgan fingerprint density at radius 1 is 0.429 bits per heavy atom. The van der Waals surface area contributed by atoms with Gasteiger partial charge in [0.15, 0.2) is 0 Å². The molecule has 3 aromatic heterocycles. The first-order chi connectivity index (χ1) is 17.4. The van der Waals surface area contributed by atoms with Crippen LogP contribution in [0, 0.1) is 0 Å². The summed E-state index contributed by atoms with van der Waals surface area (Å²) in [6, 6.07) is 39.3. The van der Waals surface area contributed by atoms with Crippen molar-refractivity contribution < 1.29 is 0 Å². The first-order valence-corrected chi connectivity index (χ1v) is 12.7. The Bertz CT molecular complexity index is 2070. The molecule has 0 fully saturated rings. The van der Waals surface area contributed by atoms with Gasteiger partial charge < -0.3 is 9.97 Å². The number of thiophene rings is 1. The number of nitrogens with one attached hydrogen (secondary N) is 2. The van der Waals surface area contributed by atoms with Gasteiger partial charge in [0.05, 0.1) is 11.0 Å². The van der Waals surface area contributed by atoms with Crippen LogP contribution in [0.4, 0.5) is 0 Å². The molecule has 0 aliphatic heterocycles. The van der Waals surface area contributed by atoms with Gasteiger partial charge in [-0.25, -0.2) is 0 Å². The van der Waals surface area contributed by atoms with E-state index in [0.29, 0.717) is 0 Å². The van der Waals surface area contributed by atoms with E-state index in [-0.39, 0.29) is 0 Å². The van der Waals surface area contributed by atoms with Gasteiger partial charge in [-0.15, -0.1) is 11.3 Å². The third kappa shape index (κ3) is 2.64.